The van der Waals surface area contributed by atoms with Crippen LogP contribution in [-0.4, -0.2) is 31.1 Å². The molecule has 0 radical (unpaired) electrons. The zero-order valence-electron chi connectivity index (χ0n) is 8.90. The van der Waals surface area contributed by atoms with Gasteiger partial charge < -0.3 is 14.6 Å². The number of ether oxygens (including phenoxy) is 2. The van der Waals surface area contributed by atoms with Crippen molar-refractivity contribution in [1.82, 2.24) is 0 Å². The second-order valence-electron chi connectivity index (χ2n) is 3.16. The van der Waals surface area contributed by atoms with E-state index in [0.29, 0.717) is 11.5 Å². The molecule has 0 amide bonds. The number of halogens is 2. The smallest absolute Gasteiger partial charge is 0.174 e. The summed E-state index contributed by atoms with van der Waals surface area (Å²) in [6, 6.07) is 6.80. The van der Waals surface area contributed by atoms with Gasteiger partial charge >= 0.3 is 0 Å². The fraction of sp³-hybridized carbons (Fsp3) is 0.364. The number of hydrogen-bond donors (Lipinski definition) is 1. The normalized spacial score (nSPS) is 11.6. The van der Waals surface area contributed by atoms with E-state index >= 15 is 0 Å². The topological polar surface area (TPSA) is 62.5 Å². The average Bonchev–Trinajstić information content (AvgIpc) is 2.34. The molecule has 17 heavy (non-hydrogen) atoms. The van der Waals surface area contributed by atoms with Crippen molar-refractivity contribution < 1.29 is 19.0 Å². The van der Waals surface area contributed by atoms with Gasteiger partial charge in [0.25, 0.3) is 0 Å². The van der Waals surface area contributed by atoms with E-state index in [1.165, 1.54) is 0 Å². The Morgan fingerprint density at radius 2 is 2.18 bits per heavy atom. The first-order valence-electron chi connectivity index (χ1n) is 4.83. The number of nitrogens with zero attached hydrogens (tertiary/aromatic N) is 1. The molecule has 0 aliphatic rings. The molecule has 1 aromatic rings. The molecule has 0 bridgehead atoms. The van der Waals surface area contributed by atoms with Gasteiger partial charge in [0.2, 0.25) is 0 Å². The molecule has 0 aliphatic carbocycles. The van der Waals surface area contributed by atoms with Crippen LogP contribution in [0, 0.1) is 11.3 Å². The molecule has 0 saturated heterocycles. The Morgan fingerprint density at radius 1 is 1.41 bits per heavy atom. The number of nitriles is 1. The lowest BCUT2D eigenvalue weighted by Gasteiger charge is -2.13. The Bertz CT molecular complexity index is 408. The molecule has 1 N–H and O–H groups in total. The summed E-state index contributed by atoms with van der Waals surface area (Å²) in [5, 5.41) is 17.5. The third-order valence-corrected chi connectivity index (χ3v) is 2.30. The van der Waals surface area contributed by atoms with Crippen LogP contribution < -0.4 is 9.47 Å². The van der Waals surface area contributed by atoms with E-state index in [2.05, 4.69) is 15.9 Å². The van der Waals surface area contributed by atoms with Crippen molar-refractivity contribution in [3.8, 4) is 17.6 Å². The molecular weight excluding hydrogens is 293 g/mol. The van der Waals surface area contributed by atoms with Gasteiger partial charge in [-0.15, -0.1) is 0 Å². The van der Waals surface area contributed by atoms with Crippen LogP contribution in [0.4, 0.5) is 4.39 Å². The molecule has 0 spiro atoms. The maximum absolute atomic E-state index is 12.0. The van der Waals surface area contributed by atoms with E-state index in [4.69, 9.17) is 19.8 Å². The molecule has 1 atom stereocenters. The van der Waals surface area contributed by atoms with Crippen molar-refractivity contribution in [2.24, 2.45) is 0 Å². The summed E-state index contributed by atoms with van der Waals surface area (Å²) in [7, 11) is 0. The Kier molecular flexibility index (Phi) is 5.73. The highest BCUT2D eigenvalue weighted by atomic mass is 79.9. The Hall–Kier alpha value is -1.32. The molecule has 0 fully saturated rings. The Balaban J connectivity index is 2.72. The number of aliphatic hydroxyl groups is 1. The van der Waals surface area contributed by atoms with Crippen molar-refractivity contribution in [3.05, 3.63) is 22.7 Å². The van der Waals surface area contributed by atoms with E-state index < -0.39 is 12.8 Å². The quantitative estimate of drug-likeness (QED) is 0.874. The summed E-state index contributed by atoms with van der Waals surface area (Å²) in [5.41, 5.74) is 0. The largest absolute Gasteiger partial charge is 0.487 e. The molecule has 1 unspecified atom stereocenters. The van der Waals surface area contributed by atoms with Crippen molar-refractivity contribution in [2.45, 2.75) is 6.10 Å². The maximum Gasteiger partial charge on any atom is 0.174 e. The first-order valence-corrected chi connectivity index (χ1v) is 5.62. The minimum Gasteiger partial charge on any atom is -0.487 e. The molecule has 92 valence electrons. The summed E-state index contributed by atoms with van der Waals surface area (Å²) in [5.74, 6) is 0.725. The second-order valence-corrected chi connectivity index (χ2v) is 4.07. The second kappa shape index (κ2) is 7.09. The average molecular weight is 304 g/mol. The SMILES string of the molecule is N#CCOc1cc(Br)ccc1OCC(O)CF. The van der Waals surface area contributed by atoms with Crippen LogP contribution in [0.3, 0.4) is 0 Å². The highest BCUT2D eigenvalue weighted by Crippen LogP contribution is 2.30. The molecule has 0 saturated carbocycles. The number of alkyl halides is 1. The van der Waals surface area contributed by atoms with E-state index in [1.807, 2.05) is 6.07 Å². The van der Waals surface area contributed by atoms with Gasteiger partial charge in [-0.05, 0) is 18.2 Å². The molecule has 0 aliphatic heterocycles. The van der Waals surface area contributed by atoms with Crippen molar-refractivity contribution in [2.75, 3.05) is 19.9 Å². The van der Waals surface area contributed by atoms with Crippen molar-refractivity contribution in [1.29, 1.82) is 5.26 Å². The first kappa shape index (κ1) is 13.7. The fourth-order valence-electron chi connectivity index (χ4n) is 1.05. The fourth-order valence-corrected chi connectivity index (χ4v) is 1.39. The van der Waals surface area contributed by atoms with Crippen LogP contribution in [-0.2, 0) is 0 Å². The molecule has 6 heteroatoms. The summed E-state index contributed by atoms with van der Waals surface area (Å²) in [6.45, 7) is -1.15. The predicted octanol–water partition coefficient (Wildman–Crippen LogP) is 2.06. The van der Waals surface area contributed by atoms with Gasteiger partial charge in [-0.1, -0.05) is 15.9 Å². The van der Waals surface area contributed by atoms with Crippen LogP contribution >= 0.6 is 15.9 Å². The summed E-state index contributed by atoms with van der Waals surface area (Å²) in [4.78, 5) is 0. The van der Waals surface area contributed by atoms with Crippen molar-refractivity contribution >= 4 is 15.9 Å². The van der Waals surface area contributed by atoms with Crippen molar-refractivity contribution in [3.63, 3.8) is 0 Å². The zero-order valence-corrected chi connectivity index (χ0v) is 10.5. The number of aliphatic hydroxyl groups excluding tert-OH is 1. The number of rotatable bonds is 6. The van der Waals surface area contributed by atoms with Gasteiger partial charge in [-0.25, -0.2) is 4.39 Å². The van der Waals surface area contributed by atoms with Gasteiger partial charge in [0, 0.05) is 4.47 Å². The molecule has 1 rings (SSSR count). The molecule has 4 nitrogen and oxygen atoms in total. The minimum atomic E-state index is -1.16. The van der Waals surface area contributed by atoms with E-state index in [1.54, 1.807) is 18.2 Å². The van der Waals surface area contributed by atoms with Gasteiger partial charge in [-0.3, -0.25) is 0 Å². The lowest BCUT2D eigenvalue weighted by molar-refractivity contribution is 0.0826. The lowest BCUT2D eigenvalue weighted by atomic mass is 10.3. The lowest BCUT2D eigenvalue weighted by Crippen LogP contribution is -2.19. The van der Waals surface area contributed by atoms with Gasteiger partial charge in [-0.2, -0.15) is 5.26 Å². The standard InChI is InChI=1S/C11H11BrFNO3/c12-8-1-2-10(17-7-9(15)6-13)11(5-8)16-4-3-14/h1-2,5,9,15H,4,6-7H2. The number of benzene rings is 1. The molecule has 1 aromatic carbocycles. The minimum absolute atomic E-state index is 0.113. The summed E-state index contributed by atoms with van der Waals surface area (Å²) >= 11 is 3.25. The Morgan fingerprint density at radius 3 is 2.82 bits per heavy atom. The predicted molar refractivity (Wildman–Crippen MR) is 62.7 cm³/mol. The third-order valence-electron chi connectivity index (χ3n) is 1.81. The van der Waals surface area contributed by atoms with E-state index in [0.717, 1.165) is 4.47 Å². The summed E-state index contributed by atoms with van der Waals surface area (Å²) in [6.07, 6.45) is -1.16. The van der Waals surface area contributed by atoms with Crippen LogP contribution in [0.1, 0.15) is 0 Å². The van der Waals surface area contributed by atoms with Crippen LogP contribution in [0.25, 0.3) is 0 Å². The zero-order chi connectivity index (χ0) is 12.7. The monoisotopic (exact) mass is 303 g/mol. The van der Waals surface area contributed by atoms with Crippen LogP contribution in [0.15, 0.2) is 22.7 Å². The van der Waals surface area contributed by atoms with E-state index in [-0.39, 0.29) is 13.2 Å². The van der Waals surface area contributed by atoms with Gasteiger partial charge in [0.05, 0.1) is 0 Å². The molecular formula is C11H11BrFNO3. The van der Waals surface area contributed by atoms with E-state index in [9.17, 15) is 4.39 Å². The first-order chi connectivity index (χ1) is 8.17. The van der Waals surface area contributed by atoms with Gasteiger partial charge in [0.15, 0.2) is 18.1 Å². The highest BCUT2D eigenvalue weighted by Gasteiger charge is 2.09. The molecule has 0 heterocycles. The van der Waals surface area contributed by atoms with Crippen LogP contribution in [0.2, 0.25) is 0 Å². The third kappa shape index (κ3) is 4.59. The highest BCUT2D eigenvalue weighted by molar-refractivity contribution is 9.10. The summed E-state index contributed by atoms with van der Waals surface area (Å²) < 4.78 is 23.2. The number of hydrogen-bond acceptors (Lipinski definition) is 4. The Labute approximate surface area is 107 Å². The maximum atomic E-state index is 12.0. The van der Waals surface area contributed by atoms with Gasteiger partial charge in [0.1, 0.15) is 25.5 Å². The molecule has 0 aromatic heterocycles. The van der Waals surface area contributed by atoms with Crippen LogP contribution in [0.5, 0.6) is 11.5 Å².